The lowest BCUT2D eigenvalue weighted by Crippen LogP contribution is -2.22. The minimum atomic E-state index is -4.80. The zero-order valence-corrected chi connectivity index (χ0v) is 16.3. The summed E-state index contributed by atoms with van der Waals surface area (Å²) in [6, 6.07) is 3.75. The average Bonchev–Trinajstić information content (AvgIpc) is 3.01. The second-order valence-electron chi connectivity index (χ2n) is 5.84. The number of hydrogen-bond acceptors (Lipinski definition) is 7. The smallest absolute Gasteiger partial charge is 0.341 e. The van der Waals surface area contributed by atoms with Crippen LogP contribution in [0.15, 0.2) is 29.2 Å². The van der Waals surface area contributed by atoms with Crippen LogP contribution in [0.3, 0.4) is 0 Å². The quantitative estimate of drug-likeness (QED) is 0.646. The van der Waals surface area contributed by atoms with Gasteiger partial charge >= 0.3 is 5.76 Å². The summed E-state index contributed by atoms with van der Waals surface area (Å²) in [6.07, 6.45) is 0. The highest BCUT2D eigenvalue weighted by molar-refractivity contribution is 7.91. The molecular formula is C17H16F2N4O3S2. The van der Waals surface area contributed by atoms with Crippen molar-refractivity contribution >= 4 is 43.0 Å². The van der Waals surface area contributed by atoms with Gasteiger partial charge in [0.1, 0.15) is 9.71 Å². The van der Waals surface area contributed by atoms with E-state index in [2.05, 4.69) is 15.5 Å². The van der Waals surface area contributed by atoms with Crippen LogP contribution in [0, 0.1) is 13.8 Å². The highest BCUT2D eigenvalue weighted by atomic mass is 32.2. The molecule has 1 amide bonds. The van der Waals surface area contributed by atoms with E-state index in [0.717, 1.165) is 41.2 Å². The van der Waals surface area contributed by atoms with Crippen LogP contribution in [0.25, 0.3) is 10.2 Å². The fourth-order valence-electron chi connectivity index (χ4n) is 2.43. The van der Waals surface area contributed by atoms with Crippen LogP contribution in [-0.2, 0) is 16.3 Å². The van der Waals surface area contributed by atoms with Crippen LogP contribution in [0.4, 0.5) is 14.5 Å². The van der Waals surface area contributed by atoms with Crippen LogP contribution in [-0.4, -0.2) is 30.3 Å². The lowest BCUT2D eigenvalue weighted by Gasteiger charge is -2.07. The van der Waals surface area contributed by atoms with E-state index in [1.54, 1.807) is 13.8 Å². The number of amides is 1. The van der Waals surface area contributed by atoms with Crippen molar-refractivity contribution in [3.05, 3.63) is 46.0 Å². The number of aryl methyl sites for hydroxylation is 2. The molecule has 3 rings (SSSR count). The van der Waals surface area contributed by atoms with Crippen LogP contribution in [0.2, 0.25) is 0 Å². The summed E-state index contributed by atoms with van der Waals surface area (Å²) in [4.78, 5) is 12.5. The van der Waals surface area contributed by atoms with E-state index in [-0.39, 0.29) is 16.1 Å². The topological polar surface area (TPSA) is 115 Å². The van der Waals surface area contributed by atoms with E-state index in [4.69, 9.17) is 8.48 Å². The molecule has 0 spiro atoms. The lowest BCUT2D eigenvalue weighted by atomic mass is 10.1. The molecule has 0 fully saturated rings. The average molecular weight is 428 g/mol. The zero-order valence-electron chi connectivity index (χ0n) is 16.7. The number of carbonyl (C=O) groups excluding carboxylic acids is 1. The lowest BCUT2D eigenvalue weighted by molar-refractivity contribution is 0.0956. The highest BCUT2D eigenvalue weighted by Crippen LogP contribution is 2.34. The highest BCUT2D eigenvalue weighted by Gasteiger charge is 2.26. The standard InChI is InChI=1S/C17H16F2N4O3S2/c1-8-9(2)22-23-16-12(8)13(20)14(27-16)15(24)21-7-10-3-5-11(6-4-10)28(25,26)17(18)19/h3-6,17H,7,20H2,1-2H3,(H,21,24)/i7D2. The molecule has 1 aromatic carbocycles. The van der Waals surface area contributed by atoms with Gasteiger partial charge < -0.3 is 11.1 Å². The molecule has 0 atom stereocenters. The monoisotopic (exact) mass is 428 g/mol. The Balaban J connectivity index is 1.90. The van der Waals surface area contributed by atoms with Gasteiger partial charge in [0.05, 0.1) is 19.0 Å². The Labute approximate surface area is 166 Å². The van der Waals surface area contributed by atoms with Crippen LogP contribution in [0.5, 0.6) is 0 Å². The van der Waals surface area contributed by atoms with Gasteiger partial charge in [-0.3, -0.25) is 4.79 Å². The Morgan fingerprint density at radius 3 is 2.54 bits per heavy atom. The van der Waals surface area contributed by atoms with Crippen molar-refractivity contribution < 1.29 is 24.7 Å². The van der Waals surface area contributed by atoms with E-state index in [1.807, 2.05) is 0 Å². The molecule has 3 N–H and O–H groups in total. The molecule has 0 saturated carbocycles. The van der Waals surface area contributed by atoms with Crippen molar-refractivity contribution in [2.24, 2.45) is 0 Å². The minimum absolute atomic E-state index is 0.0498. The van der Waals surface area contributed by atoms with Gasteiger partial charge in [-0.25, -0.2) is 8.42 Å². The predicted octanol–water partition coefficient (Wildman–Crippen LogP) is 2.82. The predicted molar refractivity (Wildman–Crippen MR) is 102 cm³/mol. The number of hydrogen-bond donors (Lipinski definition) is 2. The van der Waals surface area contributed by atoms with Crippen molar-refractivity contribution in [3.8, 4) is 0 Å². The number of benzene rings is 1. The maximum absolute atomic E-state index is 12.7. The van der Waals surface area contributed by atoms with E-state index >= 15 is 0 Å². The third kappa shape index (κ3) is 3.54. The first kappa shape index (κ1) is 17.4. The van der Waals surface area contributed by atoms with E-state index in [1.165, 1.54) is 0 Å². The molecule has 2 heterocycles. The van der Waals surface area contributed by atoms with E-state index in [0.29, 0.717) is 15.9 Å². The Bertz CT molecular complexity index is 1250. The first-order valence-electron chi connectivity index (χ1n) is 8.83. The number of sulfone groups is 1. The maximum atomic E-state index is 12.7. The van der Waals surface area contributed by atoms with Crippen LogP contribution >= 0.6 is 11.3 Å². The molecule has 28 heavy (non-hydrogen) atoms. The van der Waals surface area contributed by atoms with Gasteiger partial charge in [0, 0.05) is 11.9 Å². The number of nitrogens with zero attached hydrogens (tertiary/aromatic N) is 2. The maximum Gasteiger partial charge on any atom is 0.341 e. The second-order valence-corrected chi connectivity index (χ2v) is 8.76. The summed E-state index contributed by atoms with van der Waals surface area (Å²) >= 11 is 0.960. The Morgan fingerprint density at radius 2 is 1.93 bits per heavy atom. The molecule has 0 aliphatic rings. The van der Waals surface area contributed by atoms with Crippen molar-refractivity contribution in [1.29, 1.82) is 0 Å². The molecule has 148 valence electrons. The summed E-state index contributed by atoms with van der Waals surface area (Å²) in [5.41, 5.74) is 7.51. The summed E-state index contributed by atoms with van der Waals surface area (Å²) in [5.74, 6) is -4.40. The first-order valence-corrected chi connectivity index (χ1v) is 10.2. The van der Waals surface area contributed by atoms with E-state index in [9.17, 15) is 22.0 Å². The normalized spacial score (nSPS) is 13.5. The molecule has 0 radical (unpaired) electrons. The summed E-state index contributed by atoms with van der Waals surface area (Å²) in [7, 11) is -4.80. The number of nitrogens with one attached hydrogen (secondary N) is 1. The van der Waals surface area contributed by atoms with Gasteiger partial charge in [-0.2, -0.15) is 13.9 Å². The van der Waals surface area contributed by atoms with Crippen molar-refractivity contribution in [2.45, 2.75) is 31.0 Å². The molecule has 0 unspecified atom stereocenters. The van der Waals surface area contributed by atoms with Crippen molar-refractivity contribution in [3.63, 3.8) is 0 Å². The largest absolute Gasteiger partial charge is 0.397 e. The Morgan fingerprint density at radius 1 is 1.29 bits per heavy atom. The summed E-state index contributed by atoms with van der Waals surface area (Å²) in [6.45, 7) is 1.10. The van der Waals surface area contributed by atoms with Gasteiger partial charge in [0.2, 0.25) is 9.84 Å². The van der Waals surface area contributed by atoms with Crippen LogP contribution < -0.4 is 11.1 Å². The number of rotatable bonds is 5. The van der Waals surface area contributed by atoms with Gasteiger partial charge in [-0.05, 0) is 37.1 Å². The molecule has 0 aliphatic carbocycles. The Kier molecular flexibility index (Phi) is 4.61. The van der Waals surface area contributed by atoms with Gasteiger partial charge in [-0.15, -0.1) is 16.4 Å². The molecule has 0 saturated heterocycles. The molecular weight excluding hydrogens is 410 g/mol. The fourth-order valence-corrected chi connectivity index (χ4v) is 4.14. The molecule has 7 nitrogen and oxygen atoms in total. The molecule has 0 bridgehead atoms. The molecule has 2 aromatic heterocycles. The fraction of sp³-hybridized carbons (Fsp3) is 0.235. The molecule has 11 heteroatoms. The zero-order chi connectivity index (χ0) is 22.4. The van der Waals surface area contributed by atoms with Gasteiger partial charge in [-0.1, -0.05) is 12.1 Å². The SMILES string of the molecule is [2H]C([2H])(NC(=O)c1sc2nnc(C)c(C)c2c1N)c1ccc(S(=O)(=O)C(F)F)cc1. The Hall–Kier alpha value is -2.66. The number of fused-ring (bicyclic) bond motifs is 1. The molecule has 3 aromatic rings. The third-order valence-electron chi connectivity index (χ3n) is 4.08. The number of aromatic nitrogens is 2. The van der Waals surface area contributed by atoms with Crippen molar-refractivity contribution in [1.82, 2.24) is 15.5 Å². The number of nitrogens with two attached hydrogens (primary N) is 1. The third-order valence-corrected chi connectivity index (χ3v) is 6.57. The van der Waals surface area contributed by atoms with Crippen molar-refractivity contribution in [2.75, 3.05) is 5.73 Å². The number of halogens is 2. The first-order chi connectivity index (χ1) is 13.9. The number of alkyl halides is 2. The van der Waals surface area contributed by atoms with E-state index < -0.39 is 32.9 Å². The number of nitrogen functional groups attached to an aromatic ring is 1. The minimum Gasteiger partial charge on any atom is -0.397 e. The summed E-state index contributed by atoms with van der Waals surface area (Å²) in [5, 5.41) is 10.7. The number of thiophene rings is 1. The number of carbonyl (C=O) groups is 1. The van der Waals surface area contributed by atoms with Crippen LogP contribution in [0.1, 0.15) is 29.2 Å². The van der Waals surface area contributed by atoms with Gasteiger partial charge in [0.25, 0.3) is 5.91 Å². The second kappa shape index (κ2) is 7.40. The summed E-state index contributed by atoms with van der Waals surface area (Å²) < 4.78 is 64.5. The number of anilines is 1. The molecule has 0 aliphatic heterocycles. The van der Waals surface area contributed by atoms with Gasteiger partial charge in [0.15, 0.2) is 0 Å².